The second-order valence-electron chi connectivity index (χ2n) is 5.73. The fourth-order valence-electron chi connectivity index (χ4n) is 2.58. The molecule has 1 aliphatic heterocycles. The minimum absolute atomic E-state index is 0.164. The first-order chi connectivity index (χ1) is 11.1. The van der Waals surface area contributed by atoms with Gasteiger partial charge in [0.1, 0.15) is 12.7 Å². The van der Waals surface area contributed by atoms with E-state index in [9.17, 15) is 8.42 Å². The summed E-state index contributed by atoms with van der Waals surface area (Å²) in [6.07, 6.45) is 6.39. The van der Waals surface area contributed by atoms with Crippen molar-refractivity contribution in [1.29, 1.82) is 0 Å². The summed E-state index contributed by atoms with van der Waals surface area (Å²) < 4.78 is 30.5. The van der Waals surface area contributed by atoms with Crippen LogP contribution in [0.4, 0.5) is 0 Å². The van der Waals surface area contributed by atoms with E-state index in [2.05, 4.69) is 26.7 Å². The molecule has 124 valence electrons. The van der Waals surface area contributed by atoms with Crippen LogP contribution in [0.3, 0.4) is 0 Å². The number of aromatic nitrogens is 4. The zero-order chi connectivity index (χ0) is 16.3. The van der Waals surface area contributed by atoms with Gasteiger partial charge in [0.25, 0.3) is 10.2 Å². The van der Waals surface area contributed by atoms with Crippen molar-refractivity contribution in [2.24, 2.45) is 5.92 Å². The molecular weight excluding hydrogens is 316 g/mol. The van der Waals surface area contributed by atoms with Crippen LogP contribution in [-0.2, 0) is 16.8 Å². The number of nitrogens with one attached hydrogen (secondary N) is 1. The zero-order valence-corrected chi connectivity index (χ0v) is 13.8. The first kappa shape index (κ1) is 16.0. The van der Waals surface area contributed by atoms with E-state index in [0.717, 1.165) is 18.4 Å². The molecule has 0 amide bonds. The molecule has 9 heteroatoms. The highest BCUT2D eigenvalue weighted by atomic mass is 32.2. The van der Waals surface area contributed by atoms with E-state index >= 15 is 0 Å². The van der Waals surface area contributed by atoms with Gasteiger partial charge in [-0.3, -0.25) is 0 Å². The molecule has 1 aliphatic rings. The standard InChI is InChI=1S/C14H20N6O2S/c1-12-4-7-19(8-5-12)23(21,22)18-9-13-3-2-6-16-14(13)20-11-15-10-17-20/h2-3,6,10-12,18H,4-5,7-9H2,1H3. The van der Waals surface area contributed by atoms with Gasteiger partial charge in [-0.25, -0.2) is 14.6 Å². The summed E-state index contributed by atoms with van der Waals surface area (Å²) in [6.45, 7) is 3.45. The van der Waals surface area contributed by atoms with E-state index in [0.29, 0.717) is 24.8 Å². The number of piperidine rings is 1. The maximum Gasteiger partial charge on any atom is 0.279 e. The van der Waals surface area contributed by atoms with Crippen molar-refractivity contribution < 1.29 is 8.42 Å². The third kappa shape index (κ3) is 3.74. The molecule has 0 saturated carbocycles. The Kier molecular flexibility index (Phi) is 4.69. The van der Waals surface area contributed by atoms with Crippen molar-refractivity contribution in [3.8, 4) is 5.82 Å². The van der Waals surface area contributed by atoms with E-state index in [1.807, 2.05) is 6.07 Å². The fraction of sp³-hybridized carbons (Fsp3) is 0.500. The quantitative estimate of drug-likeness (QED) is 0.869. The van der Waals surface area contributed by atoms with Crippen LogP contribution in [0, 0.1) is 5.92 Å². The lowest BCUT2D eigenvalue weighted by atomic mass is 10.0. The lowest BCUT2D eigenvalue weighted by Gasteiger charge is -2.29. The molecule has 0 radical (unpaired) electrons. The molecule has 3 rings (SSSR count). The third-order valence-electron chi connectivity index (χ3n) is 4.03. The number of nitrogens with zero attached hydrogens (tertiary/aromatic N) is 5. The molecule has 23 heavy (non-hydrogen) atoms. The van der Waals surface area contributed by atoms with Crippen molar-refractivity contribution in [3.63, 3.8) is 0 Å². The fourth-order valence-corrected chi connectivity index (χ4v) is 3.79. The Balaban J connectivity index is 1.71. The van der Waals surface area contributed by atoms with Gasteiger partial charge in [-0.2, -0.15) is 22.5 Å². The summed E-state index contributed by atoms with van der Waals surface area (Å²) in [6, 6.07) is 3.59. The molecule has 0 unspecified atom stereocenters. The van der Waals surface area contributed by atoms with Crippen molar-refractivity contribution in [3.05, 3.63) is 36.5 Å². The van der Waals surface area contributed by atoms with Crippen LogP contribution in [-0.4, -0.2) is 45.6 Å². The Bertz CT molecular complexity index is 738. The highest BCUT2D eigenvalue weighted by molar-refractivity contribution is 7.87. The van der Waals surface area contributed by atoms with Crippen LogP contribution in [0.1, 0.15) is 25.3 Å². The van der Waals surface area contributed by atoms with Gasteiger partial charge in [-0.15, -0.1) is 0 Å². The van der Waals surface area contributed by atoms with Gasteiger partial charge in [-0.1, -0.05) is 13.0 Å². The van der Waals surface area contributed by atoms with Gasteiger partial charge in [0, 0.05) is 31.4 Å². The second kappa shape index (κ2) is 6.73. The second-order valence-corrected chi connectivity index (χ2v) is 7.49. The Morgan fingerprint density at radius 2 is 2.13 bits per heavy atom. The maximum atomic E-state index is 12.4. The van der Waals surface area contributed by atoms with E-state index in [1.165, 1.54) is 21.6 Å². The van der Waals surface area contributed by atoms with Gasteiger partial charge in [0.05, 0.1) is 0 Å². The molecule has 1 fully saturated rings. The first-order valence-electron chi connectivity index (χ1n) is 7.60. The average Bonchev–Trinajstić information content (AvgIpc) is 3.08. The highest BCUT2D eigenvalue weighted by Gasteiger charge is 2.26. The van der Waals surface area contributed by atoms with Crippen LogP contribution in [0.2, 0.25) is 0 Å². The summed E-state index contributed by atoms with van der Waals surface area (Å²) >= 11 is 0. The van der Waals surface area contributed by atoms with E-state index < -0.39 is 10.2 Å². The van der Waals surface area contributed by atoms with Crippen LogP contribution in [0.25, 0.3) is 5.82 Å². The lowest BCUT2D eigenvalue weighted by molar-refractivity contribution is 0.285. The number of hydrogen-bond acceptors (Lipinski definition) is 5. The number of pyridine rings is 1. The van der Waals surface area contributed by atoms with E-state index in [4.69, 9.17) is 0 Å². The van der Waals surface area contributed by atoms with Crippen molar-refractivity contribution in [2.75, 3.05) is 13.1 Å². The van der Waals surface area contributed by atoms with E-state index in [1.54, 1.807) is 12.3 Å². The normalized spacial score (nSPS) is 17.4. The molecule has 2 aromatic heterocycles. The largest absolute Gasteiger partial charge is 0.279 e. The number of hydrogen-bond donors (Lipinski definition) is 1. The number of rotatable bonds is 5. The summed E-state index contributed by atoms with van der Waals surface area (Å²) in [5.74, 6) is 1.15. The minimum Gasteiger partial charge on any atom is -0.237 e. The predicted molar refractivity (Wildman–Crippen MR) is 84.9 cm³/mol. The van der Waals surface area contributed by atoms with Crippen LogP contribution < -0.4 is 4.72 Å². The van der Waals surface area contributed by atoms with Gasteiger partial charge in [-0.05, 0) is 24.8 Å². The highest BCUT2D eigenvalue weighted by Crippen LogP contribution is 2.18. The van der Waals surface area contributed by atoms with Crippen molar-refractivity contribution >= 4 is 10.2 Å². The molecule has 0 bridgehead atoms. The summed E-state index contributed by atoms with van der Waals surface area (Å²) in [4.78, 5) is 8.15. The molecule has 0 spiro atoms. The molecule has 2 aromatic rings. The zero-order valence-electron chi connectivity index (χ0n) is 13.0. The molecule has 3 heterocycles. The minimum atomic E-state index is -3.48. The Morgan fingerprint density at radius 3 is 2.83 bits per heavy atom. The lowest BCUT2D eigenvalue weighted by Crippen LogP contribution is -2.44. The van der Waals surface area contributed by atoms with Crippen LogP contribution >= 0.6 is 0 Å². The van der Waals surface area contributed by atoms with E-state index in [-0.39, 0.29) is 6.54 Å². The third-order valence-corrected chi connectivity index (χ3v) is 5.58. The van der Waals surface area contributed by atoms with Gasteiger partial charge in [0.15, 0.2) is 5.82 Å². The average molecular weight is 336 g/mol. The monoisotopic (exact) mass is 336 g/mol. The molecule has 0 atom stereocenters. The molecule has 0 aliphatic carbocycles. The summed E-state index contributed by atoms with van der Waals surface area (Å²) in [7, 11) is -3.48. The Hall–Kier alpha value is -1.84. The smallest absolute Gasteiger partial charge is 0.237 e. The Morgan fingerprint density at radius 1 is 1.35 bits per heavy atom. The molecule has 1 N–H and O–H groups in total. The van der Waals surface area contributed by atoms with Gasteiger partial charge < -0.3 is 0 Å². The van der Waals surface area contributed by atoms with Crippen molar-refractivity contribution in [1.82, 2.24) is 28.8 Å². The first-order valence-corrected chi connectivity index (χ1v) is 9.04. The predicted octanol–water partition coefficient (Wildman–Crippen LogP) is 0.729. The molecule has 1 saturated heterocycles. The molecular formula is C14H20N6O2S. The van der Waals surface area contributed by atoms with Crippen LogP contribution in [0.5, 0.6) is 0 Å². The van der Waals surface area contributed by atoms with Crippen molar-refractivity contribution in [2.45, 2.75) is 26.3 Å². The van der Waals surface area contributed by atoms with Crippen LogP contribution in [0.15, 0.2) is 31.0 Å². The van der Waals surface area contributed by atoms with Gasteiger partial charge >= 0.3 is 0 Å². The molecule has 0 aromatic carbocycles. The summed E-state index contributed by atoms with van der Waals surface area (Å²) in [5, 5.41) is 4.05. The topological polar surface area (TPSA) is 93.0 Å². The summed E-state index contributed by atoms with van der Waals surface area (Å²) in [5.41, 5.74) is 0.743. The Labute approximate surface area is 135 Å². The van der Waals surface area contributed by atoms with Gasteiger partial charge in [0.2, 0.25) is 0 Å². The SMILES string of the molecule is CC1CCN(S(=O)(=O)NCc2cccnc2-n2cncn2)CC1. The molecule has 8 nitrogen and oxygen atoms in total. The maximum absolute atomic E-state index is 12.4.